The number of aromatic nitrogens is 3. The van der Waals surface area contributed by atoms with Crippen LogP contribution in [0.15, 0.2) is 48.9 Å². The van der Waals surface area contributed by atoms with Crippen LogP contribution in [0.5, 0.6) is 0 Å². The summed E-state index contributed by atoms with van der Waals surface area (Å²) in [5, 5.41) is 7.17. The minimum atomic E-state index is -0.784. The number of rotatable bonds is 5. The molecule has 3 aromatic rings. The maximum Gasteiger partial charge on any atom is 0.410 e. The number of benzene rings is 1. The van der Waals surface area contributed by atoms with Gasteiger partial charge in [0.05, 0.1) is 17.5 Å². The molecule has 4 rings (SSSR count). The highest BCUT2D eigenvalue weighted by molar-refractivity contribution is 5.95. The van der Waals surface area contributed by atoms with Gasteiger partial charge in [0.2, 0.25) is 0 Å². The summed E-state index contributed by atoms with van der Waals surface area (Å²) < 4.78 is 35.1. The van der Waals surface area contributed by atoms with E-state index in [0.717, 1.165) is 17.7 Å². The summed E-state index contributed by atoms with van der Waals surface area (Å²) in [6.07, 6.45) is 5.36. The number of nitrogens with one attached hydrogen (secondary N) is 1. The van der Waals surface area contributed by atoms with Crippen LogP contribution in [0.3, 0.4) is 0 Å². The first-order valence-corrected chi connectivity index (χ1v) is 11.8. The Morgan fingerprint density at radius 1 is 1.14 bits per heavy atom. The predicted molar refractivity (Wildman–Crippen MR) is 129 cm³/mol. The van der Waals surface area contributed by atoms with E-state index in [9.17, 15) is 18.4 Å². The zero-order valence-corrected chi connectivity index (χ0v) is 20.5. The molecule has 36 heavy (non-hydrogen) atoms. The molecule has 1 aliphatic rings. The molecule has 0 aliphatic carbocycles. The Hall–Kier alpha value is -3.82. The fraction of sp³-hybridized carbons (Fsp3) is 0.385. The van der Waals surface area contributed by atoms with Crippen molar-refractivity contribution in [2.45, 2.75) is 51.7 Å². The van der Waals surface area contributed by atoms with E-state index < -0.39 is 23.3 Å². The average Bonchev–Trinajstić information content (AvgIpc) is 3.27. The molecule has 1 aliphatic heterocycles. The van der Waals surface area contributed by atoms with Crippen LogP contribution >= 0.6 is 0 Å². The summed E-state index contributed by atoms with van der Waals surface area (Å²) in [7, 11) is 0. The topological polar surface area (TPSA) is 89.3 Å². The number of likely N-dealkylation sites (tertiary alicyclic amines) is 1. The number of halogens is 2. The molecule has 0 bridgehead atoms. The third-order valence-electron chi connectivity index (χ3n) is 5.90. The van der Waals surface area contributed by atoms with Crippen LogP contribution in [0.4, 0.5) is 13.6 Å². The lowest BCUT2D eigenvalue weighted by molar-refractivity contribution is 0.0203. The second-order valence-electron chi connectivity index (χ2n) is 9.74. The first-order chi connectivity index (χ1) is 17.1. The van der Waals surface area contributed by atoms with Gasteiger partial charge in [-0.2, -0.15) is 5.10 Å². The Morgan fingerprint density at radius 3 is 2.53 bits per heavy atom. The summed E-state index contributed by atoms with van der Waals surface area (Å²) in [5.41, 5.74) is 1.10. The van der Waals surface area contributed by atoms with Crippen molar-refractivity contribution in [1.82, 2.24) is 25.0 Å². The summed E-state index contributed by atoms with van der Waals surface area (Å²) in [6.45, 7) is 6.51. The molecule has 2 amide bonds. The molecule has 1 aromatic carbocycles. The quantitative estimate of drug-likeness (QED) is 0.557. The predicted octanol–water partition coefficient (Wildman–Crippen LogP) is 4.59. The first-order valence-electron chi connectivity index (χ1n) is 11.8. The van der Waals surface area contributed by atoms with Gasteiger partial charge in [-0.05, 0) is 57.4 Å². The fourth-order valence-corrected chi connectivity index (χ4v) is 4.21. The van der Waals surface area contributed by atoms with Crippen LogP contribution < -0.4 is 5.32 Å². The highest BCUT2D eigenvalue weighted by Crippen LogP contribution is 2.33. The molecule has 0 spiro atoms. The molecule has 8 nitrogen and oxygen atoms in total. The van der Waals surface area contributed by atoms with E-state index in [4.69, 9.17) is 4.74 Å². The van der Waals surface area contributed by atoms with Crippen molar-refractivity contribution in [3.8, 4) is 5.69 Å². The maximum atomic E-state index is 14.7. The number of carbonyl (C=O) groups is 2. The Balaban J connectivity index is 1.60. The van der Waals surface area contributed by atoms with E-state index in [1.165, 1.54) is 16.9 Å². The van der Waals surface area contributed by atoms with Crippen molar-refractivity contribution in [2.24, 2.45) is 0 Å². The number of piperidine rings is 1. The minimum absolute atomic E-state index is 0.0484. The van der Waals surface area contributed by atoms with Gasteiger partial charge in [-0.25, -0.2) is 18.3 Å². The minimum Gasteiger partial charge on any atom is -0.444 e. The van der Waals surface area contributed by atoms with Crippen LogP contribution in [0.1, 0.15) is 61.1 Å². The highest BCUT2D eigenvalue weighted by Gasteiger charge is 2.32. The molecule has 0 saturated carbocycles. The molecule has 1 fully saturated rings. The van der Waals surface area contributed by atoms with Crippen LogP contribution in [-0.4, -0.2) is 50.4 Å². The largest absolute Gasteiger partial charge is 0.444 e. The maximum absolute atomic E-state index is 14.7. The molecule has 10 heteroatoms. The summed E-state index contributed by atoms with van der Waals surface area (Å²) in [6, 6.07) is 6.86. The van der Waals surface area contributed by atoms with Crippen molar-refractivity contribution in [2.75, 3.05) is 13.1 Å². The zero-order chi connectivity index (χ0) is 25.9. The van der Waals surface area contributed by atoms with E-state index in [-0.39, 0.29) is 24.1 Å². The van der Waals surface area contributed by atoms with E-state index in [1.54, 1.807) is 23.4 Å². The van der Waals surface area contributed by atoms with Crippen molar-refractivity contribution in [1.29, 1.82) is 0 Å². The SMILES string of the molecule is CC(C)(C)OC(=O)N1CCC(c2c(C(=O)NCc3cccnc3)cnn2-c2ccc(F)cc2F)CC1. The lowest BCUT2D eigenvalue weighted by Crippen LogP contribution is -2.41. The third kappa shape index (κ3) is 5.87. The number of hydrogen-bond donors (Lipinski definition) is 1. The van der Waals surface area contributed by atoms with Crippen LogP contribution in [0.2, 0.25) is 0 Å². The molecule has 190 valence electrons. The van der Waals surface area contributed by atoms with Gasteiger partial charge in [-0.3, -0.25) is 9.78 Å². The van der Waals surface area contributed by atoms with Crippen molar-refractivity contribution < 1.29 is 23.1 Å². The second kappa shape index (κ2) is 10.4. The summed E-state index contributed by atoms with van der Waals surface area (Å²) >= 11 is 0. The highest BCUT2D eigenvalue weighted by atomic mass is 19.1. The standard InChI is InChI=1S/C26H29F2N5O3/c1-26(2,3)36-25(35)32-11-8-18(9-12-32)23-20(24(34)30-15-17-5-4-10-29-14-17)16-31-33(23)22-7-6-19(27)13-21(22)28/h4-7,10,13-14,16,18H,8-9,11-12,15H2,1-3H3,(H,30,34). The Kier molecular flexibility index (Phi) is 7.32. The Labute approximate surface area is 208 Å². The van der Waals surface area contributed by atoms with Gasteiger partial charge in [0.25, 0.3) is 5.91 Å². The second-order valence-corrected chi connectivity index (χ2v) is 9.74. The Bertz CT molecular complexity index is 1230. The van der Waals surface area contributed by atoms with Gasteiger partial charge in [0.1, 0.15) is 17.1 Å². The number of ether oxygens (including phenoxy) is 1. The van der Waals surface area contributed by atoms with Gasteiger partial charge >= 0.3 is 6.09 Å². The monoisotopic (exact) mass is 497 g/mol. The Morgan fingerprint density at radius 2 is 1.89 bits per heavy atom. The number of pyridine rings is 1. The van der Waals surface area contributed by atoms with Crippen molar-refractivity contribution in [3.05, 3.63) is 77.4 Å². The molecular formula is C26H29F2N5O3. The van der Waals surface area contributed by atoms with E-state index >= 15 is 0 Å². The number of nitrogens with zero attached hydrogens (tertiary/aromatic N) is 4. The van der Waals surface area contributed by atoms with E-state index in [1.807, 2.05) is 26.8 Å². The summed E-state index contributed by atoms with van der Waals surface area (Å²) in [5.74, 6) is -2.04. The third-order valence-corrected chi connectivity index (χ3v) is 5.90. The van der Waals surface area contributed by atoms with Gasteiger partial charge in [-0.15, -0.1) is 0 Å². The van der Waals surface area contributed by atoms with Gasteiger partial charge in [0, 0.05) is 44.0 Å². The number of carbonyl (C=O) groups excluding carboxylic acids is 2. The molecule has 0 unspecified atom stereocenters. The molecule has 0 radical (unpaired) electrons. The number of amides is 2. The molecular weight excluding hydrogens is 468 g/mol. The van der Waals surface area contributed by atoms with Crippen molar-refractivity contribution >= 4 is 12.0 Å². The van der Waals surface area contributed by atoms with Crippen molar-refractivity contribution in [3.63, 3.8) is 0 Å². The van der Waals surface area contributed by atoms with Gasteiger partial charge in [-0.1, -0.05) is 6.07 Å². The van der Waals surface area contributed by atoms with E-state index in [2.05, 4.69) is 15.4 Å². The normalized spacial score (nSPS) is 14.5. The van der Waals surface area contributed by atoms with Gasteiger partial charge in [0.15, 0.2) is 5.82 Å². The molecule has 1 saturated heterocycles. The molecule has 1 N–H and O–H groups in total. The molecule has 2 aromatic heterocycles. The fourth-order valence-electron chi connectivity index (χ4n) is 4.21. The molecule has 3 heterocycles. The smallest absolute Gasteiger partial charge is 0.410 e. The van der Waals surface area contributed by atoms with Gasteiger partial charge < -0.3 is 15.0 Å². The lowest BCUT2D eigenvalue weighted by Gasteiger charge is -2.34. The average molecular weight is 498 g/mol. The molecule has 0 atom stereocenters. The lowest BCUT2D eigenvalue weighted by atomic mass is 9.90. The van der Waals surface area contributed by atoms with Crippen LogP contribution in [0.25, 0.3) is 5.69 Å². The van der Waals surface area contributed by atoms with Crippen LogP contribution in [-0.2, 0) is 11.3 Å². The zero-order valence-electron chi connectivity index (χ0n) is 20.5. The van der Waals surface area contributed by atoms with Crippen LogP contribution in [0, 0.1) is 11.6 Å². The summed E-state index contributed by atoms with van der Waals surface area (Å²) in [4.78, 5) is 31.3. The van der Waals surface area contributed by atoms with E-state index in [0.29, 0.717) is 37.2 Å². The number of hydrogen-bond acceptors (Lipinski definition) is 5. The first kappa shape index (κ1) is 25.3.